The normalized spacial score (nSPS) is 12.2. The SMILES string of the molecule is COCC(C)CC(=O)Cc1cc(Br)ccc1OC. The van der Waals surface area contributed by atoms with Crippen molar-refractivity contribution in [3.05, 3.63) is 28.2 Å². The number of ether oxygens (including phenoxy) is 2. The molecule has 0 fully saturated rings. The average molecular weight is 315 g/mol. The molecule has 0 amide bonds. The minimum atomic E-state index is 0.205. The molecule has 1 rings (SSSR count). The Balaban J connectivity index is 2.66. The number of hydrogen-bond acceptors (Lipinski definition) is 3. The second-order valence-corrected chi connectivity index (χ2v) is 5.35. The Labute approximate surface area is 117 Å². The van der Waals surface area contributed by atoms with E-state index in [1.165, 1.54) is 0 Å². The van der Waals surface area contributed by atoms with Gasteiger partial charge in [0.05, 0.1) is 7.11 Å². The maximum absolute atomic E-state index is 12.0. The number of halogens is 1. The molecule has 0 spiro atoms. The summed E-state index contributed by atoms with van der Waals surface area (Å²) in [5.41, 5.74) is 0.918. The smallest absolute Gasteiger partial charge is 0.137 e. The van der Waals surface area contributed by atoms with Crippen LogP contribution in [0.1, 0.15) is 18.9 Å². The highest BCUT2D eigenvalue weighted by molar-refractivity contribution is 9.10. The van der Waals surface area contributed by atoms with Gasteiger partial charge in [0, 0.05) is 36.6 Å². The van der Waals surface area contributed by atoms with E-state index in [1.54, 1.807) is 14.2 Å². The molecule has 1 atom stereocenters. The predicted octanol–water partition coefficient (Wildman–Crippen LogP) is 3.24. The van der Waals surface area contributed by atoms with Gasteiger partial charge in [-0.2, -0.15) is 0 Å². The van der Waals surface area contributed by atoms with Crippen LogP contribution >= 0.6 is 15.9 Å². The van der Waals surface area contributed by atoms with Gasteiger partial charge in [0.15, 0.2) is 0 Å². The van der Waals surface area contributed by atoms with Crippen LogP contribution in [0.5, 0.6) is 5.75 Å². The van der Waals surface area contributed by atoms with Crippen molar-refractivity contribution in [2.24, 2.45) is 5.92 Å². The Kier molecular flexibility index (Phi) is 6.36. The standard InChI is InChI=1S/C14H19BrO3/c1-10(9-17-2)6-13(16)8-11-7-12(15)4-5-14(11)18-3/h4-5,7,10H,6,8-9H2,1-3H3. The van der Waals surface area contributed by atoms with Crippen LogP contribution in [0.4, 0.5) is 0 Å². The van der Waals surface area contributed by atoms with Gasteiger partial charge in [0.2, 0.25) is 0 Å². The van der Waals surface area contributed by atoms with Crippen molar-refractivity contribution in [3.63, 3.8) is 0 Å². The number of Topliss-reactive ketones (excluding diaryl/α,β-unsaturated/α-hetero) is 1. The molecule has 1 aromatic carbocycles. The minimum absolute atomic E-state index is 0.205. The molecular weight excluding hydrogens is 296 g/mol. The molecule has 0 aromatic heterocycles. The molecule has 0 aliphatic rings. The number of ketones is 1. The summed E-state index contributed by atoms with van der Waals surface area (Å²) in [6, 6.07) is 5.70. The number of benzene rings is 1. The summed E-state index contributed by atoms with van der Waals surface area (Å²) in [4.78, 5) is 12.0. The Morgan fingerprint density at radius 1 is 1.39 bits per heavy atom. The zero-order chi connectivity index (χ0) is 13.5. The molecule has 0 saturated carbocycles. The summed E-state index contributed by atoms with van der Waals surface area (Å²) >= 11 is 3.40. The second kappa shape index (κ2) is 7.54. The number of hydrogen-bond donors (Lipinski definition) is 0. The fourth-order valence-electron chi connectivity index (χ4n) is 1.90. The number of carbonyl (C=O) groups is 1. The summed E-state index contributed by atoms with van der Waals surface area (Å²) < 4.78 is 11.2. The van der Waals surface area contributed by atoms with E-state index < -0.39 is 0 Å². The Bertz CT molecular complexity index is 404. The lowest BCUT2D eigenvalue weighted by Gasteiger charge is -2.11. The molecule has 0 radical (unpaired) electrons. The molecule has 0 aliphatic carbocycles. The lowest BCUT2D eigenvalue weighted by Crippen LogP contribution is -2.12. The molecule has 0 saturated heterocycles. The van der Waals surface area contributed by atoms with Gasteiger partial charge in [-0.15, -0.1) is 0 Å². The molecule has 18 heavy (non-hydrogen) atoms. The predicted molar refractivity (Wildman–Crippen MR) is 75.1 cm³/mol. The first-order chi connectivity index (χ1) is 8.56. The van der Waals surface area contributed by atoms with Gasteiger partial charge >= 0.3 is 0 Å². The van der Waals surface area contributed by atoms with Crippen LogP contribution < -0.4 is 4.74 Å². The van der Waals surface area contributed by atoms with Crippen LogP contribution in [-0.4, -0.2) is 26.6 Å². The number of carbonyl (C=O) groups excluding carboxylic acids is 1. The first-order valence-corrected chi connectivity index (χ1v) is 6.69. The van der Waals surface area contributed by atoms with Gasteiger partial charge in [-0.25, -0.2) is 0 Å². The largest absolute Gasteiger partial charge is 0.496 e. The highest BCUT2D eigenvalue weighted by atomic mass is 79.9. The van der Waals surface area contributed by atoms with Crippen molar-refractivity contribution >= 4 is 21.7 Å². The third-order valence-corrected chi connectivity index (χ3v) is 3.15. The van der Waals surface area contributed by atoms with Crippen molar-refractivity contribution in [2.45, 2.75) is 19.8 Å². The van der Waals surface area contributed by atoms with Gasteiger partial charge in [0.25, 0.3) is 0 Å². The van der Waals surface area contributed by atoms with Gasteiger partial charge in [0.1, 0.15) is 11.5 Å². The fourth-order valence-corrected chi connectivity index (χ4v) is 2.31. The van der Waals surface area contributed by atoms with Gasteiger partial charge in [-0.3, -0.25) is 4.79 Å². The average Bonchev–Trinajstić information content (AvgIpc) is 2.29. The van der Waals surface area contributed by atoms with Crippen LogP contribution in [0, 0.1) is 5.92 Å². The van der Waals surface area contributed by atoms with Crippen molar-refractivity contribution in [1.29, 1.82) is 0 Å². The number of methoxy groups -OCH3 is 2. The Hall–Kier alpha value is -0.870. The summed E-state index contributed by atoms with van der Waals surface area (Å²) in [5.74, 6) is 1.21. The Morgan fingerprint density at radius 3 is 2.72 bits per heavy atom. The van der Waals surface area contributed by atoms with Crippen LogP contribution in [0.3, 0.4) is 0 Å². The molecule has 0 heterocycles. The summed E-state index contributed by atoms with van der Waals surface area (Å²) in [5, 5.41) is 0. The molecule has 4 heteroatoms. The van der Waals surface area contributed by atoms with Crippen molar-refractivity contribution < 1.29 is 14.3 Å². The quantitative estimate of drug-likeness (QED) is 0.775. The van der Waals surface area contributed by atoms with Gasteiger partial charge in [-0.05, 0) is 24.1 Å². The Morgan fingerprint density at radius 2 is 2.11 bits per heavy atom. The monoisotopic (exact) mass is 314 g/mol. The minimum Gasteiger partial charge on any atom is -0.496 e. The van der Waals surface area contributed by atoms with Crippen molar-refractivity contribution in [3.8, 4) is 5.75 Å². The summed E-state index contributed by atoms with van der Waals surface area (Å²) in [6.07, 6.45) is 0.931. The summed E-state index contributed by atoms with van der Waals surface area (Å²) in [6.45, 7) is 2.63. The van der Waals surface area contributed by atoms with Gasteiger partial charge in [-0.1, -0.05) is 22.9 Å². The maximum Gasteiger partial charge on any atom is 0.137 e. The van der Waals surface area contributed by atoms with E-state index in [0.29, 0.717) is 19.4 Å². The molecular formula is C14H19BrO3. The van der Waals surface area contributed by atoms with Crippen molar-refractivity contribution in [2.75, 3.05) is 20.8 Å². The van der Waals surface area contributed by atoms with Gasteiger partial charge < -0.3 is 9.47 Å². The van der Waals surface area contributed by atoms with Crippen LogP contribution in [0.25, 0.3) is 0 Å². The van der Waals surface area contributed by atoms with Crippen molar-refractivity contribution in [1.82, 2.24) is 0 Å². The second-order valence-electron chi connectivity index (χ2n) is 4.44. The van der Waals surface area contributed by atoms with E-state index in [0.717, 1.165) is 15.8 Å². The summed E-state index contributed by atoms with van der Waals surface area (Å²) in [7, 11) is 3.27. The van der Waals surface area contributed by atoms with Crippen LogP contribution in [-0.2, 0) is 16.0 Å². The van der Waals surface area contributed by atoms with E-state index in [1.807, 2.05) is 25.1 Å². The van der Waals surface area contributed by atoms with E-state index >= 15 is 0 Å². The molecule has 1 unspecified atom stereocenters. The molecule has 3 nitrogen and oxygen atoms in total. The van der Waals surface area contributed by atoms with Crippen LogP contribution in [0.2, 0.25) is 0 Å². The molecule has 1 aromatic rings. The zero-order valence-corrected chi connectivity index (χ0v) is 12.6. The molecule has 100 valence electrons. The third kappa shape index (κ3) is 4.78. The lowest BCUT2D eigenvalue weighted by atomic mass is 10.00. The zero-order valence-electron chi connectivity index (χ0n) is 11.0. The molecule has 0 aliphatic heterocycles. The first kappa shape index (κ1) is 15.2. The molecule has 0 N–H and O–H groups in total. The van der Waals surface area contributed by atoms with E-state index in [-0.39, 0.29) is 11.7 Å². The molecule has 0 bridgehead atoms. The maximum atomic E-state index is 12.0. The lowest BCUT2D eigenvalue weighted by molar-refractivity contribution is -0.119. The van der Waals surface area contributed by atoms with E-state index in [4.69, 9.17) is 9.47 Å². The van der Waals surface area contributed by atoms with E-state index in [2.05, 4.69) is 15.9 Å². The topological polar surface area (TPSA) is 35.5 Å². The highest BCUT2D eigenvalue weighted by Crippen LogP contribution is 2.24. The fraction of sp³-hybridized carbons (Fsp3) is 0.500. The van der Waals surface area contributed by atoms with Crippen LogP contribution in [0.15, 0.2) is 22.7 Å². The van der Waals surface area contributed by atoms with E-state index in [9.17, 15) is 4.79 Å². The highest BCUT2D eigenvalue weighted by Gasteiger charge is 2.12. The first-order valence-electron chi connectivity index (χ1n) is 5.89. The number of rotatable bonds is 7. The third-order valence-electron chi connectivity index (χ3n) is 2.66.